The molecule has 0 spiro atoms. The van der Waals surface area contributed by atoms with Gasteiger partial charge in [0.25, 0.3) is 0 Å². The van der Waals surface area contributed by atoms with Crippen molar-refractivity contribution in [2.75, 3.05) is 19.7 Å². The summed E-state index contributed by atoms with van der Waals surface area (Å²) in [5.74, 6) is 0. The zero-order valence-electron chi connectivity index (χ0n) is 12.3. The van der Waals surface area contributed by atoms with Crippen LogP contribution < -0.4 is 5.32 Å². The minimum absolute atomic E-state index is 0.228. The van der Waals surface area contributed by atoms with Gasteiger partial charge in [-0.1, -0.05) is 27.7 Å². The van der Waals surface area contributed by atoms with E-state index in [0.717, 1.165) is 26.1 Å². The van der Waals surface area contributed by atoms with Crippen LogP contribution in [0, 0.1) is 5.41 Å². The number of hydrogen-bond acceptors (Lipinski definition) is 2. The Kier molecular flexibility index (Phi) is 5.94. The average Bonchev–Trinajstić information content (AvgIpc) is 2.17. The van der Waals surface area contributed by atoms with E-state index in [4.69, 9.17) is 4.74 Å². The van der Waals surface area contributed by atoms with E-state index in [1.54, 1.807) is 0 Å². The fourth-order valence-electron chi connectivity index (χ4n) is 2.23. The number of nitrogens with one attached hydrogen (secondary N) is 1. The van der Waals surface area contributed by atoms with Crippen molar-refractivity contribution in [2.24, 2.45) is 5.41 Å². The highest BCUT2D eigenvalue weighted by atomic mass is 16.5. The van der Waals surface area contributed by atoms with Crippen LogP contribution in [0.4, 0.5) is 0 Å². The van der Waals surface area contributed by atoms with Crippen molar-refractivity contribution in [3.8, 4) is 0 Å². The van der Waals surface area contributed by atoms with Gasteiger partial charge in [-0.2, -0.15) is 0 Å². The van der Waals surface area contributed by atoms with E-state index in [1.807, 2.05) is 0 Å². The Morgan fingerprint density at radius 2 is 1.88 bits per heavy atom. The maximum absolute atomic E-state index is 6.18. The Hall–Kier alpha value is -0.0800. The lowest BCUT2D eigenvalue weighted by Gasteiger charge is -2.42. The molecule has 0 aliphatic heterocycles. The largest absolute Gasteiger partial charge is 0.375 e. The van der Waals surface area contributed by atoms with Gasteiger partial charge in [0.05, 0.1) is 5.60 Å². The summed E-state index contributed by atoms with van der Waals surface area (Å²) in [4.78, 5) is 0. The van der Waals surface area contributed by atoms with E-state index in [1.165, 1.54) is 32.1 Å². The third kappa shape index (κ3) is 5.87. The summed E-state index contributed by atoms with van der Waals surface area (Å²) in [6, 6.07) is 0. The molecule has 0 amide bonds. The molecule has 2 heteroatoms. The van der Waals surface area contributed by atoms with E-state index >= 15 is 0 Å². The number of hydrogen-bond donors (Lipinski definition) is 1. The van der Waals surface area contributed by atoms with Gasteiger partial charge in [0.2, 0.25) is 0 Å². The fourth-order valence-corrected chi connectivity index (χ4v) is 2.23. The van der Waals surface area contributed by atoms with E-state index < -0.39 is 0 Å². The molecule has 0 aromatic rings. The lowest BCUT2D eigenvalue weighted by Crippen LogP contribution is -2.43. The summed E-state index contributed by atoms with van der Waals surface area (Å²) in [5.41, 5.74) is 0.622. The second kappa shape index (κ2) is 6.75. The van der Waals surface area contributed by atoms with Gasteiger partial charge in [-0.3, -0.25) is 0 Å². The molecule has 0 atom stereocenters. The van der Waals surface area contributed by atoms with Gasteiger partial charge in [-0.15, -0.1) is 0 Å². The molecule has 1 N–H and O–H groups in total. The predicted octanol–water partition coefficient (Wildman–Crippen LogP) is 3.75. The summed E-state index contributed by atoms with van der Waals surface area (Å²) in [6.07, 6.45) is 7.46. The summed E-state index contributed by atoms with van der Waals surface area (Å²) >= 11 is 0. The monoisotopic (exact) mass is 241 g/mol. The van der Waals surface area contributed by atoms with Crippen LogP contribution in [0.25, 0.3) is 0 Å². The van der Waals surface area contributed by atoms with E-state index in [2.05, 4.69) is 33.0 Å². The third-order valence-corrected chi connectivity index (χ3v) is 3.71. The van der Waals surface area contributed by atoms with Crippen LogP contribution in [0.5, 0.6) is 0 Å². The molecule has 1 aliphatic carbocycles. The van der Waals surface area contributed by atoms with Gasteiger partial charge < -0.3 is 10.1 Å². The minimum atomic E-state index is 0.228. The Morgan fingerprint density at radius 3 is 2.35 bits per heavy atom. The molecule has 1 fully saturated rings. The van der Waals surface area contributed by atoms with Crippen molar-refractivity contribution in [3.63, 3.8) is 0 Å². The van der Waals surface area contributed by atoms with Crippen molar-refractivity contribution in [3.05, 3.63) is 0 Å². The SMILES string of the molecule is CCCNCCC1(OCCC(C)(C)C)CCC1. The molecule has 0 bridgehead atoms. The Bertz CT molecular complexity index is 203. The summed E-state index contributed by atoms with van der Waals surface area (Å²) in [6.45, 7) is 12.2. The predicted molar refractivity (Wildman–Crippen MR) is 74.4 cm³/mol. The Morgan fingerprint density at radius 1 is 1.18 bits per heavy atom. The maximum atomic E-state index is 6.18. The van der Waals surface area contributed by atoms with Crippen LogP contribution in [-0.2, 0) is 4.74 Å². The van der Waals surface area contributed by atoms with Gasteiger partial charge >= 0.3 is 0 Å². The second-order valence-corrected chi connectivity index (χ2v) is 6.70. The quantitative estimate of drug-likeness (QED) is 0.653. The molecule has 2 nitrogen and oxygen atoms in total. The van der Waals surface area contributed by atoms with Gasteiger partial charge in [-0.05, 0) is 57.0 Å². The first-order valence-electron chi connectivity index (χ1n) is 7.32. The summed E-state index contributed by atoms with van der Waals surface area (Å²) < 4.78 is 6.18. The van der Waals surface area contributed by atoms with Crippen LogP contribution in [0.2, 0.25) is 0 Å². The highest BCUT2D eigenvalue weighted by Gasteiger charge is 2.37. The van der Waals surface area contributed by atoms with Crippen LogP contribution in [0.15, 0.2) is 0 Å². The van der Waals surface area contributed by atoms with Gasteiger partial charge in [-0.25, -0.2) is 0 Å². The van der Waals surface area contributed by atoms with Gasteiger partial charge in [0, 0.05) is 6.61 Å². The lowest BCUT2D eigenvalue weighted by atomic mass is 9.77. The standard InChI is InChI=1S/C15H31NO/c1-5-11-16-12-9-15(7-6-8-15)17-13-10-14(2,3)4/h16H,5-13H2,1-4H3. The third-order valence-electron chi connectivity index (χ3n) is 3.71. The van der Waals surface area contributed by atoms with Crippen LogP contribution in [0.3, 0.4) is 0 Å². The van der Waals surface area contributed by atoms with E-state index in [0.29, 0.717) is 5.41 Å². The van der Waals surface area contributed by atoms with Crippen LogP contribution in [0.1, 0.15) is 66.2 Å². The molecular weight excluding hydrogens is 210 g/mol. The topological polar surface area (TPSA) is 21.3 Å². The zero-order chi connectivity index (χ0) is 12.8. The molecule has 17 heavy (non-hydrogen) atoms. The molecule has 102 valence electrons. The maximum Gasteiger partial charge on any atom is 0.0694 e. The lowest BCUT2D eigenvalue weighted by molar-refractivity contribution is -0.109. The van der Waals surface area contributed by atoms with Crippen LogP contribution in [-0.4, -0.2) is 25.3 Å². The minimum Gasteiger partial charge on any atom is -0.375 e. The highest BCUT2D eigenvalue weighted by molar-refractivity contribution is 4.90. The van der Waals surface area contributed by atoms with Crippen molar-refractivity contribution in [1.29, 1.82) is 0 Å². The van der Waals surface area contributed by atoms with Crippen molar-refractivity contribution in [2.45, 2.75) is 71.8 Å². The van der Waals surface area contributed by atoms with E-state index in [-0.39, 0.29) is 5.60 Å². The second-order valence-electron chi connectivity index (χ2n) is 6.70. The Balaban J connectivity index is 2.17. The first-order chi connectivity index (χ1) is 7.97. The van der Waals surface area contributed by atoms with Crippen molar-refractivity contribution in [1.82, 2.24) is 5.32 Å². The molecule has 0 saturated heterocycles. The smallest absolute Gasteiger partial charge is 0.0694 e. The molecular formula is C15H31NO. The molecule has 1 aliphatic rings. The molecule has 1 saturated carbocycles. The average molecular weight is 241 g/mol. The molecule has 0 aromatic heterocycles. The molecule has 0 unspecified atom stereocenters. The van der Waals surface area contributed by atoms with Crippen molar-refractivity contribution >= 4 is 0 Å². The zero-order valence-corrected chi connectivity index (χ0v) is 12.3. The highest BCUT2D eigenvalue weighted by Crippen LogP contribution is 2.39. The van der Waals surface area contributed by atoms with Crippen LogP contribution >= 0.6 is 0 Å². The summed E-state index contributed by atoms with van der Waals surface area (Å²) in [7, 11) is 0. The molecule has 0 aromatic carbocycles. The van der Waals surface area contributed by atoms with E-state index in [9.17, 15) is 0 Å². The number of ether oxygens (including phenoxy) is 1. The normalized spacial score (nSPS) is 19.1. The molecule has 0 heterocycles. The molecule has 0 radical (unpaired) electrons. The summed E-state index contributed by atoms with van der Waals surface area (Å²) in [5, 5.41) is 3.49. The first-order valence-corrected chi connectivity index (χ1v) is 7.32. The van der Waals surface area contributed by atoms with Gasteiger partial charge in [0.1, 0.15) is 0 Å². The number of rotatable bonds is 8. The Labute approximate surface area is 108 Å². The van der Waals surface area contributed by atoms with Gasteiger partial charge in [0.15, 0.2) is 0 Å². The van der Waals surface area contributed by atoms with Crippen molar-refractivity contribution < 1.29 is 4.74 Å². The molecule has 1 rings (SSSR count). The first kappa shape index (κ1) is 15.0. The fraction of sp³-hybridized carbons (Fsp3) is 1.00.